The number of aromatic nitrogens is 1. The normalized spacial score (nSPS) is 8.91. The summed E-state index contributed by atoms with van der Waals surface area (Å²) < 4.78 is 0.905. The van der Waals surface area contributed by atoms with E-state index in [1.54, 1.807) is 12.1 Å². The van der Waals surface area contributed by atoms with Gasteiger partial charge in [-0.15, -0.1) is 4.99 Å². The third-order valence-electron chi connectivity index (χ3n) is 1.17. The standard InChI is InChI=1S/C7H5BrN2O/c1-5-6(8)2-3-7(10-5)9-4-11/h2-3H,1H3. The van der Waals surface area contributed by atoms with E-state index in [2.05, 4.69) is 25.9 Å². The van der Waals surface area contributed by atoms with Crippen molar-refractivity contribution < 1.29 is 4.79 Å². The Morgan fingerprint density at radius 1 is 1.64 bits per heavy atom. The predicted octanol–water partition coefficient (Wildman–Crippen LogP) is 2.12. The Balaban J connectivity index is 3.14. The van der Waals surface area contributed by atoms with Crippen LogP contribution >= 0.6 is 15.9 Å². The van der Waals surface area contributed by atoms with E-state index in [-0.39, 0.29) is 0 Å². The van der Waals surface area contributed by atoms with Crippen molar-refractivity contribution in [1.82, 2.24) is 4.98 Å². The number of isocyanates is 1. The number of nitrogens with zero attached hydrogens (tertiary/aromatic N) is 2. The second-order valence-corrected chi connectivity index (χ2v) is 2.79. The Kier molecular flexibility index (Phi) is 2.52. The van der Waals surface area contributed by atoms with Crippen LogP contribution in [0, 0.1) is 6.92 Å². The molecular formula is C7H5BrN2O. The van der Waals surface area contributed by atoms with Crippen LogP contribution < -0.4 is 0 Å². The van der Waals surface area contributed by atoms with Crippen molar-refractivity contribution >= 4 is 27.8 Å². The molecule has 0 saturated carbocycles. The predicted molar refractivity (Wildman–Crippen MR) is 44.5 cm³/mol. The maximum atomic E-state index is 9.83. The molecule has 0 radical (unpaired) electrons. The summed E-state index contributed by atoms with van der Waals surface area (Å²) in [5.41, 5.74) is 0.807. The van der Waals surface area contributed by atoms with Crippen molar-refractivity contribution in [2.24, 2.45) is 4.99 Å². The molecule has 0 fully saturated rings. The van der Waals surface area contributed by atoms with Crippen LogP contribution in [0.3, 0.4) is 0 Å². The fraction of sp³-hybridized carbons (Fsp3) is 0.143. The fourth-order valence-corrected chi connectivity index (χ4v) is 0.861. The number of aryl methyl sites for hydroxylation is 1. The van der Waals surface area contributed by atoms with E-state index in [1.165, 1.54) is 6.08 Å². The lowest BCUT2D eigenvalue weighted by Crippen LogP contribution is -1.81. The molecule has 1 aromatic rings. The molecule has 56 valence electrons. The molecule has 0 N–H and O–H groups in total. The Morgan fingerprint density at radius 2 is 2.36 bits per heavy atom. The Hall–Kier alpha value is -0.990. The lowest BCUT2D eigenvalue weighted by Gasteiger charge is -1.95. The molecule has 1 aromatic heterocycles. The first-order chi connectivity index (χ1) is 5.24. The van der Waals surface area contributed by atoms with Crippen molar-refractivity contribution in [3.63, 3.8) is 0 Å². The highest BCUT2D eigenvalue weighted by molar-refractivity contribution is 9.10. The van der Waals surface area contributed by atoms with Crippen molar-refractivity contribution in [3.05, 3.63) is 22.3 Å². The minimum absolute atomic E-state index is 0.390. The quantitative estimate of drug-likeness (QED) is 0.529. The van der Waals surface area contributed by atoms with Crippen LogP contribution in [0.2, 0.25) is 0 Å². The summed E-state index contributed by atoms with van der Waals surface area (Å²) in [6.07, 6.45) is 1.43. The Morgan fingerprint density at radius 3 is 2.91 bits per heavy atom. The van der Waals surface area contributed by atoms with Gasteiger partial charge in [-0.3, -0.25) is 0 Å². The lowest BCUT2D eigenvalue weighted by atomic mass is 10.4. The fourth-order valence-electron chi connectivity index (χ4n) is 0.640. The molecule has 1 rings (SSSR count). The monoisotopic (exact) mass is 212 g/mol. The van der Waals surface area contributed by atoms with Crippen molar-refractivity contribution in [1.29, 1.82) is 0 Å². The number of rotatable bonds is 1. The largest absolute Gasteiger partial charge is 0.242 e. The van der Waals surface area contributed by atoms with E-state index in [4.69, 9.17) is 0 Å². The molecule has 0 aliphatic heterocycles. The molecule has 0 spiro atoms. The number of hydrogen-bond donors (Lipinski definition) is 0. The van der Waals surface area contributed by atoms with Crippen LogP contribution in [0.1, 0.15) is 5.69 Å². The minimum atomic E-state index is 0.390. The molecule has 0 atom stereocenters. The number of halogens is 1. The average Bonchev–Trinajstić information content (AvgIpc) is 1.98. The van der Waals surface area contributed by atoms with Crippen LogP contribution in [-0.4, -0.2) is 11.1 Å². The summed E-state index contributed by atoms with van der Waals surface area (Å²) in [5.74, 6) is 0.390. The van der Waals surface area contributed by atoms with E-state index >= 15 is 0 Å². The van der Waals surface area contributed by atoms with Gasteiger partial charge in [0.15, 0.2) is 5.82 Å². The zero-order valence-electron chi connectivity index (χ0n) is 5.84. The number of pyridine rings is 1. The molecule has 0 aliphatic rings. The number of aliphatic imine (C=N–C) groups is 1. The third-order valence-corrected chi connectivity index (χ3v) is 2.00. The van der Waals surface area contributed by atoms with Gasteiger partial charge in [-0.25, -0.2) is 9.78 Å². The van der Waals surface area contributed by atoms with Gasteiger partial charge in [0.05, 0.1) is 5.69 Å². The van der Waals surface area contributed by atoms with E-state index in [0.717, 1.165) is 10.2 Å². The van der Waals surface area contributed by atoms with Crippen LogP contribution in [0.25, 0.3) is 0 Å². The molecule has 4 heteroatoms. The van der Waals surface area contributed by atoms with Gasteiger partial charge in [0.1, 0.15) is 0 Å². The molecular weight excluding hydrogens is 208 g/mol. The summed E-state index contributed by atoms with van der Waals surface area (Å²) >= 11 is 3.28. The van der Waals surface area contributed by atoms with Gasteiger partial charge in [0.2, 0.25) is 6.08 Å². The van der Waals surface area contributed by atoms with Gasteiger partial charge in [-0.2, -0.15) is 0 Å². The second kappa shape index (κ2) is 3.42. The van der Waals surface area contributed by atoms with Crippen molar-refractivity contribution in [2.45, 2.75) is 6.92 Å². The molecule has 0 aromatic carbocycles. The summed E-state index contributed by atoms with van der Waals surface area (Å²) in [4.78, 5) is 17.2. The number of carbonyl (C=O) groups excluding carboxylic acids is 1. The molecule has 11 heavy (non-hydrogen) atoms. The van der Waals surface area contributed by atoms with E-state index < -0.39 is 0 Å². The maximum Gasteiger partial charge on any atom is 0.242 e. The molecule has 0 bridgehead atoms. The maximum absolute atomic E-state index is 9.83. The van der Waals surface area contributed by atoms with E-state index in [0.29, 0.717) is 5.82 Å². The van der Waals surface area contributed by atoms with Gasteiger partial charge in [0, 0.05) is 4.47 Å². The highest BCUT2D eigenvalue weighted by atomic mass is 79.9. The topological polar surface area (TPSA) is 42.3 Å². The van der Waals surface area contributed by atoms with Gasteiger partial charge in [0.25, 0.3) is 0 Å². The van der Waals surface area contributed by atoms with E-state index in [9.17, 15) is 4.79 Å². The zero-order valence-corrected chi connectivity index (χ0v) is 7.42. The van der Waals surface area contributed by atoms with Gasteiger partial charge in [-0.1, -0.05) is 0 Å². The average molecular weight is 213 g/mol. The van der Waals surface area contributed by atoms with Crippen molar-refractivity contribution in [2.75, 3.05) is 0 Å². The Labute approximate surface area is 72.3 Å². The molecule has 0 unspecified atom stereocenters. The molecule has 0 aliphatic carbocycles. The SMILES string of the molecule is Cc1nc(N=C=O)ccc1Br. The molecule has 1 heterocycles. The van der Waals surface area contributed by atoms with Crippen molar-refractivity contribution in [3.8, 4) is 0 Å². The van der Waals surface area contributed by atoms with Crippen LogP contribution in [-0.2, 0) is 4.79 Å². The van der Waals surface area contributed by atoms with Gasteiger partial charge >= 0.3 is 0 Å². The third kappa shape index (κ3) is 1.97. The minimum Gasteiger partial charge on any atom is -0.232 e. The van der Waals surface area contributed by atoms with Crippen LogP contribution in [0.5, 0.6) is 0 Å². The first kappa shape index (κ1) is 8.11. The molecule has 0 amide bonds. The second-order valence-electron chi connectivity index (χ2n) is 1.94. The first-order valence-electron chi connectivity index (χ1n) is 2.95. The zero-order chi connectivity index (χ0) is 8.27. The first-order valence-corrected chi connectivity index (χ1v) is 3.74. The van der Waals surface area contributed by atoms with Gasteiger partial charge in [-0.05, 0) is 35.0 Å². The Bertz CT molecular complexity index is 318. The summed E-state index contributed by atoms with van der Waals surface area (Å²) in [7, 11) is 0. The van der Waals surface area contributed by atoms with Crippen LogP contribution in [0.4, 0.5) is 5.82 Å². The van der Waals surface area contributed by atoms with Crippen LogP contribution in [0.15, 0.2) is 21.6 Å². The summed E-state index contributed by atoms with van der Waals surface area (Å²) in [6, 6.07) is 3.43. The highest BCUT2D eigenvalue weighted by Gasteiger charge is 1.95. The molecule has 0 saturated heterocycles. The summed E-state index contributed by atoms with van der Waals surface area (Å²) in [5, 5.41) is 0. The number of hydrogen-bond acceptors (Lipinski definition) is 3. The smallest absolute Gasteiger partial charge is 0.232 e. The lowest BCUT2D eigenvalue weighted by molar-refractivity contribution is 0.565. The summed E-state index contributed by atoms with van der Waals surface area (Å²) in [6.45, 7) is 1.83. The highest BCUT2D eigenvalue weighted by Crippen LogP contribution is 2.17. The van der Waals surface area contributed by atoms with Gasteiger partial charge < -0.3 is 0 Å². The van der Waals surface area contributed by atoms with E-state index in [1.807, 2.05) is 6.92 Å². The molecule has 3 nitrogen and oxygen atoms in total.